The van der Waals surface area contributed by atoms with E-state index >= 15 is 0 Å². The zero-order valence-electron chi connectivity index (χ0n) is 19.2. The van der Waals surface area contributed by atoms with Crippen molar-refractivity contribution in [3.63, 3.8) is 0 Å². The van der Waals surface area contributed by atoms with Gasteiger partial charge in [0.25, 0.3) is 5.91 Å². The Labute approximate surface area is 209 Å². The minimum Gasteiger partial charge on any atom is -0.493 e. The Balaban J connectivity index is 1.58. The monoisotopic (exact) mass is 500 g/mol. The summed E-state index contributed by atoms with van der Waals surface area (Å²) in [4.78, 5) is 29.3. The molecule has 1 N–H and O–H groups in total. The van der Waals surface area contributed by atoms with Crippen LogP contribution in [-0.4, -0.2) is 65.0 Å². The fourth-order valence-corrected chi connectivity index (χ4v) is 4.86. The van der Waals surface area contributed by atoms with Crippen LogP contribution in [0, 0.1) is 0 Å². The molecule has 0 bridgehead atoms. The molecular weight excluding hydrogens is 472 g/mol. The number of carbonyl (C=O) groups is 2. The van der Waals surface area contributed by atoms with E-state index in [1.165, 1.54) is 16.7 Å². The highest BCUT2D eigenvalue weighted by atomic mass is 32.2. The number of rotatable bonds is 11. The largest absolute Gasteiger partial charge is 0.493 e. The van der Waals surface area contributed by atoms with Gasteiger partial charge in [-0.2, -0.15) is 0 Å². The van der Waals surface area contributed by atoms with Gasteiger partial charge >= 0.3 is 0 Å². The summed E-state index contributed by atoms with van der Waals surface area (Å²) in [6.07, 6.45) is 2.51. The highest BCUT2D eigenvalue weighted by molar-refractivity contribution is 8.26. The molecule has 0 aromatic heterocycles. The molecule has 0 aliphatic carbocycles. The average molecular weight is 501 g/mol. The molecule has 2 aromatic rings. The summed E-state index contributed by atoms with van der Waals surface area (Å²) in [5, 5.41) is 9.36. The summed E-state index contributed by atoms with van der Waals surface area (Å²) in [6, 6.07) is 15.1. The molecular formula is C25H28N2O5S2. The van der Waals surface area contributed by atoms with Crippen LogP contribution >= 0.6 is 24.0 Å². The van der Waals surface area contributed by atoms with E-state index in [9.17, 15) is 14.7 Å². The first-order valence-corrected chi connectivity index (χ1v) is 12.1. The second-order valence-electron chi connectivity index (χ2n) is 7.58. The number of nitrogens with zero attached hydrogens (tertiary/aromatic N) is 2. The molecule has 7 nitrogen and oxygen atoms in total. The average Bonchev–Trinajstić information content (AvgIpc) is 3.11. The maximum absolute atomic E-state index is 12.9. The number of hydrogen-bond donors (Lipinski definition) is 1. The van der Waals surface area contributed by atoms with E-state index in [0.717, 1.165) is 11.1 Å². The number of thioether (sulfide) groups is 1. The molecule has 0 atom stereocenters. The van der Waals surface area contributed by atoms with Crippen LogP contribution in [0.2, 0.25) is 0 Å². The van der Waals surface area contributed by atoms with Crippen LogP contribution in [0.4, 0.5) is 0 Å². The highest BCUT2D eigenvalue weighted by Gasteiger charge is 2.31. The van der Waals surface area contributed by atoms with E-state index < -0.39 is 0 Å². The van der Waals surface area contributed by atoms with Crippen molar-refractivity contribution in [1.29, 1.82) is 0 Å². The van der Waals surface area contributed by atoms with Crippen LogP contribution < -0.4 is 9.47 Å². The van der Waals surface area contributed by atoms with Gasteiger partial charge in [-0.1, -0.05) is 60.4 Å². The van der Waals surface area contributed by atoms with Gasteiger partial charge in [-0.3, -0.25) is 14.5 Å². The second-order valence-corrected chi connectivity index (χ2v) is 9.25. The van der Waals surface area contributed by atoms with Gasteiger partial charge in [0.2, 0.25) is 5.91 Å². The number of ether oxygens (including phenoxy) is 2. The number of methoxy groups -OCH3 is 2. The van der Waals surface area contributed by atoms with Gasteiger partial charge in [0.1, 0.15) is 4.32 Å². The number of thiocarbonyl (C=S) groups is 1. The molecule has 0 unspecified atom stereocenters. The molecule has 1 aliphatic rings. The molecule has 0 saturated carbocycles. The first-order valence-electron chi connectivity index (χ1n) is 10.9. The Morgan fingerprint density at radius 2 is 1.88 bits per heavy atom. The minimum absolute atomic E-state index is 0.0655. The lowest BCUT2D eigenvalue weighted by atomic mass is 10.1. The maximum Gasteiger partial charge on any atom is 0.266 e. The molecule has 0 spiro atoms. The summed E-state index contributed by atoms with van der Waals surface area (Å²) in [5.41, 5.74) is 1.80. The molecule has 9 heteroatoms. The van der Waals surface area contributed by atoms with Gasteiger partial charge in [-0.25, -0.2) is 0 Å². The number of amides is 2. The van der Waals surface area contributed by atoms with Crippen LogP contribution in [0.5, 0.6) is 11.5 Å². The fourth-order valence-electron chi connectivity index (χ4n) is 3.55. The van der Waals surface area contributed by atoms with Crippen molar-refractivity contribution in [2.75, 3.05) is 33.9 Å². The smallest absolute Gasteiger partial charge is 0.266 e. The van der Waals surface area contributed by atoms with Gasteiger partial charge in [0.15, 0.2) is 11.5 Å². The van der Waals surface area contributed by atoms with E-state index in [4.69, 9.17) is 21.7 Å². The van der Waals surface area contributed by atoms with E-state index in [0.29, 0.717) is 40.2 Å². The summed E-state index contributed by atoms with van der Waals surface area (Å²) in [6.45, 7) is 0.963. The summed E-state index contributed by atoms with van der Waals surface area (Å²) in [7, 11) is 3.13. The van der Waals surface area contributed by atoms with Gasteiger partial charge in [0, 0.05) is 26.1 Å². The van der Waals surface area contributed by atoms with Crippen molar-refractivity contribution < 1.29 is 24.2 Å². The van der Waals surface area contributed by atoms with Crippen molar-refractivity contribution in [3.8, 4) is 11.5 Å². The molecule has 1 saturated heterocycles. The van der Waals surface area contributed by atoms with Crippen molar-refractivity contribution in [3.05, 3.63) is 64.6 Å². The SMILES string of the molecule is COc1ccc(C=C2SC(=S)N(CCCC(=O)N(CCO)Cc3ccccc3)C2=O)cc1OC. The van der Waals surface area contributed by atoms with E-state index in [-0.39, 0.29) is 31.4 Å². The molecule has 1 heterocycles. The first kappa shape index (κ1) is 25.7. The topological polar surface area (TPSA) is 79.3 Å². The van der Waals surface area contributed by atoms with Gasteiger partial charge in [-0.15, -0.1) is 0 Å². The van der Waals surface area contributed by atoms with Crippen LogP contribution in [0.15, 0.2) is 53.4 Å². The number of benzene rings is 2. The lowest BCUT2D eigenvalue weighted by Gasteiger charge is -2.22. The van der Waals surface area contributed by atoms with Crippen molar-refractivity contribution in [2.45, 2.75) is 19.4 Å². The number of aliphatic hydroxyl groups excluding tert-OH is 1. The van der Waals surface area contributed by atoms with Gasteiger partial charge < -0.3 is 19.5 Å². The molecule has 1 fully saturated rings. The molecule has 180 valence electrons. The van der Waals surface area contributed by atoms with Crippen LogP contribution in [0.25, 0.3) is 6.08 Å². The van der Waals surface area contributed by atoms with Crippen molar-refractivity contribution in [2.24, 2.45) is 0 Å². The first-order chi connectivity index (χ1) is 16.5. The zero-order valence-corrected chi connectivity index (χ0v) is 20.9. The normalized spacial score (nSPS) is 14.6. The summed E-state index contributed by atoms with van der Waals surface area (Å²) in [5.74, 6) is 0.950. The number of carbonyl (C=O) groups excluding carboxylic acids is 2. The number of aliphatic hydroxyl groups is 1. The zero-order chi connectivity index (χ0) is 24.5. The maximum atomic E-state index is 12.9. The lowest BCUT2D eigenvalue weighted by molar-refractivity contribution is -0.132. The molecule has 2 aromatic carbocycles. The number of hydrogen-bond acceptors (Lipinski definition) is 7. The molecule has 0 radical (unpaired) electrons. The molecule has 34 heavy (non-hydrogen) atoms. The summed E-state index contributed by atoms with van der Waals surface area (Å²) < 4.78 is 11.1. The minimum atomic E-state index is -0.172. The molecule has 1 aliphatic heterocycles. The van der Waals surface area contributed by atoms with Crippen LogP contribution in [0.1, 0.15) is 24.0 Å². The Hall–Kier alpha value is -2.88. The highest BCUT2D eigenvalue weighted by Crippen LogP contribution is 2.34. The van der Waals surface area contributed by atoms with Gasteiger partial charge in [0.05, 0.1) is 25.7 Å². The Kier molecular flexibility index (Phi) is 9.50. The van der Waals surface area contributed by atoms with Crippen LogP contribution in [-0.2, 0) is 16.1 Å². The van der Waals surface area contributed by atoms with Crippen molar-refractivity contribution in [1.82, 2.24) is 9.80 Å². The Morgan fingerprint density at radius 1 is 1.15 bits per heavy atom. The van der Waals surface area contributed by atoms with E-state index in [1.807, 2.05) is 36.4 Å². The molecule has 2 amide bonds. The lowest BCUT2D eigenvalue weighted by Crippen LogP contribution is -2.34. The van der Waals surface area contributed by atoms with Gasteiger partial charge in [-0.05, 0) is 35.8 Å². The third-order valence-corrected chi connectivity index (χ3v) is 6.67. The second kappa shape index (κ2) is 12.5. The fraction of sp³-hybridized carbons (Fsp3) is 0.320. The quantitative estimate of drug-likeness (QED) is 0.372. The van der Waals surface area contributed by atoms with Crippen LogP contribution in [0.3, 0.4) is 0 Å². The Bertz CT molecular complexity index is 1060. The third-order valence-electron chi connectivity index (χ3n) is 5.29. The summed E-state index contributed by atoms with van der Waals surface area (Å²) >= 11 is 6.66. The van der Waals surface area contributed by atoms with Crippen molar-refractivity contribution >= 4 is 46.2 Å². The molecule has 3 rings (SSSR count). The predicted molar refractivity (Wildman–Crippen MR) is 138 cm³/mol. The third kappa shape index (κ3) is 6.59. The Morgan fingerprint density at radius 3 is 2.56 bits per heavy atom. The van der Waals surface area contributed by atoms with E-state index in [2.05, 4.69) is 0 Å². The standard InChI is InChI=1S/C25H28N2O5S2/c1-31-20-11-10-19(15-21(20)32-2)16-22-24(30)27(25(33)34-22)12-6-9-23(29)26(13-14-28)17-18-7-4-3-5-8-18/h3-5,7-8,10-11,15-16,28H,6,9,12-14,17H2,1-2H3. The predicted octanol–water partition coefficient (Wildman–Crippen LogP) is 3.71. The van der Waals surface area contributed by atoms with E-state index in [1.54, 1.807) is 37.3 Å².